The van der Waals surface area contributed by atoms with Gasteiger partial charge in [0.1, 0.15) is 12.4 Å². The molecule has 29 heavy (non-hydrogen) atoms. The highest BCUT2D eigenvalue weighted by atomic mass is 19.1. The van der Waals surface area contributed by atoms with E-state index in [1.807, 2.05) is 36.2 Å². The van der Waals surface area contributed by atoms with E-state index in [1.165, 1.54) is 6.07 Å². The number of carbonyl (C=O) groups excluding carboxylic acids is 1. The number of rotatable bonds is 6. The Hall–Kier alpha value is -3.10. The molecule has 0 spiro atoms. The fourth-order valence-corrected chi connectivity index (χ4v) is 3.41. The van der Waals surface area contributed by atoms with Crippen LogP contribution in [0.1, 0.15) is 6.42 Å². The maximum atomic E-state index is 13.8. The summed E-state index contributed by atoms with van der Waals surface area (Å²) >= 11 is 0. The molecule has 2 heterocycles. The Balaban J connectivity index is 1.46. The Morgan fingerprint density at radius 1 is 1.34 bits per heavy atom. The summed E-state index contributed by atoms with van der Waals surface area (Å²) in [7, 11) is 5.43. The number of piperazine rings is 1. The fourth-order valence-electron chi connectivity index (χ4n) is 3.41. The number of aryl methyl sites for hydroxylation is 1. The lowest BCUT2D eigenvalue weighted by Gasteiger charge is -2.35. The second-order valence-corrected chi connectivity index (χ2v) is 7.04. The maximum Gasteiger partial charge on any atom is 0.246 e. The fraction of sp³-hybridized carbons (Fsp3) is 0.450. The maximum absolute atomic E-state index is 13.8. The molecular formula is C20H28FN7O. The number of aromatic nitrogens is 2. The van der Waals surface area contributed by atoms with Gasteiger partial charge in [0.15, 0.2) is 5.96 Å². The van der Waals surface area contributed by atoms with Gasteiger partial charge in [-0.1, -0.05) is 12.1 Å². The van der Waals surface area contributed by atoms with Crippen molar-refractivity contribution >= 4 is 23.2 Å². The molecule has 0 atom stereocenters. The third-order valence-electron chi connectivity index (χ3n) is 4.95. The van der Waals surface area contributed by atoms with E-state index in [0.29, 0.717) is 37.8 Å². The molecule has 1 saturated heterocycles. The van der Waals surface area contributed by atoms with Gasteiger partial charge in [-0.25, -0.2) is 4.39 Å². The van der Waals surface area contributed by atoms with Gasteiger partial charge < -0.3 is 20.0 Å². The Bertz CT molecular complexity index is 866. The monoisotopic (exact) mass is 401 g/mol. The Labute approximate surface area is 170 Å². The number of aliphatic imine (C=N–C) groups is 1. The van der Waals surface area contributed by atoms with Gasteiger partial charge in [0.25, 0.3) is 0 Å². The largest absolute Gasteiger partial charge is 0.372 e. The molecule has 1 aliphatic rings. The Morgan fingerprint density at radius 2 is 2.14 bits per heavy atom. The summed E-state index contributed by atoms with van der Waals surface area (Å²) in [6.07, 6.45) is 4.35. The first-order chi connectivity index (χ1) is 14.0. The lowest BCUT2D eigenvalue weighted by molar-refractivity contribution is -0.120. The molecule has 3 rings (SSSR count). The molecule has 0 aliphatic carbocycles. The van der Waals surface area contributed by atoms with E-state index in [-0.39, 0.29) is 18.3 Å². The zero-order chi connectivity index (χ0) is 20.8. The summed E-state index contributed by atoms with van der Waals surface area (Å²) in [5.74, 6) is 0.507. The number of hydrogen-bond acceptors (Lipinski definition) is 4. The van der Waals surface area contributed by atoms with Crippen LogP contribution in [0.15, 0.2) is 41.7 Å². The van der Waals surface area contributed by atoms with Crippen molar-refractivity contribution in [1.82, 2.24) is 20.0 Å². The van der Waals surface area contributed by atoms with Crippen LogP contribution in [0.3, 0.4) is 0 Å². The number of nitrogens with one attached hydrogen (secondary N) is 1. The van der Waals surface area contributed by atoms with Gasteiger partial charge >= 0.3 is 0 Å². The van der Waals surface area contributed by atoms with E-state index in [0.717, 1.165) is 12.1 Å². The molecular weight excluding hydrogens is 373 g/mol. The standard InChI is InChI=1S/C20H28FN7O/c1-22-20(23-9-6-10-25(2)18-8-5-4-7-17(18)21)27-11-12-28(19(29)15-27)16-13-24-26(3)14-16/h4-5,7-8,13-14H,6,9-12,15H2,1-3H3,(H,22,23). The topological polar surface area (TPSA) is 69.0 Å². The molecule has 0 radical (unpaired) electrons. The van der Waals surface area contributed by atoms with Crippen molar-refractivity contribution in [3.8, 4) is 0 Å². The number of carbonyl (C=O) groups is 1. The Morgan fingerprint density at radius 3 is 2.79 bits per heavy atom. The molecule has 1 aromatic heterocycles. The van der Waals surface area contributed by atoms with Crippen LogP contribution in [-0.2, 0) is 11.8 Å². The number of benzene rings is 1. The van der Waals surface area contributed by atoms with E-state index in [4.69, 9.17) is 0 Å². The summed E-state index contributed by atoms with van der Waals surface area (Å²) < 4.78 is 15.5. The van der Waals surface area contributed by atoms with Gasteiger partial charge in [-0.3, -0.25) is 14.5 Å². The van der Waals surface area contributed by atoms with Crippen LogP contribution in [0.4, 0.5) is 15.8 Å². The molecule has 0 bridgehead atoms. The van der Waals surface area contributed by atoms with Gasteiger partial charge in [-0.15, -0.1) is 0 Å². The van der Waals surface area contributed by atoms with E-state index < -0.39 is 0 Å². The number of para-hydroxylation sites is 1. The average Bonchev–Trinajstić information content (AvgIpc) is 3.14. The normalized spacial score (nSPS) is 15.0. The Kier molecular flexibility index (Phi) is 6.69. The van der Waals surface area contributed by atoms with Crippen LogP contribution in [0.25, 0.3) is 0 Å². The summed E-state index contributed by atoms with van der Waals surface area (Å²) in [5.41, 5.74) is 1.41. The minimum atomic E-state index is -0.219. The van der Waals surface area contributed by atoms with Crippen molar-refractivity contribution < 1.29 is 9.18 Å². The van der Waals surface area contributed by atoms with Gasteiger partial charge in [-0.2, -0.15) is 5.10 Å². The lowest BCUT2D eigenvalue weighted by Crippen LogP contribution is -2.55. The van der Waals surface area contributed by atoms with Gasteiger partial charge in [0.05, 0.1) is 17.6 Å². The SMILES string of the molecule is CN=C(NCCCN(C)c1ccccc1F)N1CCN(c2cnn(C)c2)C(=O)C1. The van der Waals surface area contributed by atoms with E-state index >= 15 is 0 Å². The van der Waals surface area contributed by atoms with Gasteiger partial charge in [0.2, 0.25) is 5.91 Å². The molecule has 0 unspecified atom stereocenters. The molecule has 9 heteroatoms. The van der Waals surface area contributed by atoms with Crippen LogP contribution in [-0.4, -0.2) is 73.4 Å². The van der Waals surface area contributed by atoms with Crippen LogP contribution in [0.5, 0.6) is 0 Å². The smallest absolute Gasteiger partial charge is 0.246 e. The van der Waals surface area contributed by atoms with E-state index in [2.05, 4.69) is 15.4 Å². The average molecular weight is 401 g/mol. The molecule has 0 saturated carbocycles. The van der Waals surface area contributed by atoms with Crippen LogP contribution < -0.4 is 15.1 Å². The first-order valence-electron chi connectivity index (χ1n) is 9.70. The minimum Gasteiger partial charge on any atom is -0.372 e. The summed E-state index contributed by atoms with van der Waals surface area (Å²) in [4.78, 5) is 22.5. The predicted molar refractivity (Wildman–Crippen MR) is 113 cm³/mol. The first-order valence-corrected chi connectivity index (χ1v) is 9.70. The van der Waals surface area contributed by atoms with Crippen molar-refractivity contribution in [3.05, 3.63) is 42.5 Å². The minimum absolute atomic E-state index is 0.0199. The van der Waals surface area contributed by atoms with Crippen molar-refractivity contribution in [2.75, 3.05) is 56.6 Å². The number of anilines is 2. The van der Waals surface area contributed by atoms with Crippen molar-refractivity contribution in [1.29, 1.82) is 0 Å². The van der Waals surface area contributed by atoms with Crippen LogP contribution in [0.2, 0.25) is 0 Å². The quantitative estimate of drug-likeness (QED) is 0.449. The molecule has 156 valence electrons. The van der Waals surface area contributed by atoms with Crippen molar-refractivity contribution in [3.63, 3.8) is 0 Å². The van der Waals surface area contributed by atoms with Crippen LogP contribution in [0, 0.1) is 5.82 Å². The molecule has 1 fully saturated rings. The zero-order valence-electron chi connectivity index (χ0n) is 17.2. The molecule has 1 aliphatic heterocycles. The third-order valence-corrected chi connectivity index (χ3v) is 4.95. The number of amides is 1. The lowest BCUT2D eigenvalue weighted by atomic mass is 10.2. The number of nitrogens with zero attached hydrogens (tertiary/aromatic N) is 6. The summed E-state index contributed by atoms with van der Waals surface area (Å²) in [6, 6.07) is 6.76. The highest BCUT2D eigenvalue weighted by Crippen LogP contribution is 2.17. The number of hydrogen-bond donors (Lipinski definition) is 1. The van der Waals surface area contributed by atoms with E-state index in [9.17, 15) is 9.18 Å². The third kappa shape index (κ3) is 5.04. The molecule has 1 aromatic carbocycles. The highest BCUT2D eigenvalue weighted by Gasteiger charge is 2.27. The number of halogens is 1. The van der Waals surface area contributed by atoms with Crippen molar-refractivity contribution in [2.45, 2.75) is 6.42 Å². The van der Waals surface area contributed by atoms with Crippen LogP contribution >= 0.6 is 0 Å². The number of guanidine groups is 1. The van der Waals surface area contributed by atoms with E-state index in [1.54, 1.807) is 35.0 Å². The van der Waals surface area contributed by atoms with Crippen molar-refractivity contribution in [2.24, 2.45) is 12.0 Å². The molecule has 8 nitrogen and oxygen atoms in total. The molecule has 1 amide bonds. The van der Waals surface area contributed by atoms with Gasteiger partial charge in [-0.05, 0) is 18.6 Å². The predicted octanol–water partition coefficient (Wildman–Crippen LogP) is 1.31. The molecule has 2 aromatic rings. The zero-order valence-corrected chi connectivity index (χ0v) is 17.2. The first kappa shape index (κ1) is 20.6. The van der Waals surface area contributed by atoms with Gasteiger partial charge in [0, 0.05) is 53.5 Å². The second-order valence-electron chi connectivity index (χ2n) is 7.04. The summed E-state index contributed by atoms with van der Waals surface area (Å²) in [6.45, 7) is 2.93. The second kappa shape index (κ2) is 9.40. The highest BCUT2D eigenvalue weighted by molar-refractivity contribution is 5.98. The molecule has 1 N–H and O–H groups in total. The summed E-state index contributed by atoms with van der Waals surface area (Å²) in [5, 5.41) is 7.44.